The van der Waals surface area contributed by atoms with Crippen molar-refractivity contribution in [1.29, 1.82) is 0 Å². The van der Waals surface area contributed by atoms with E-state index >= 15 is 0 Å². The highest BCUT2D eigenvalue weighted by molar-refractivity contribution is 5.94. The van der Waals surface area contributed by atoms with Crippen molar-refractivity contribution in [3.05, 3.63) is 47.7 Å². The summed E-state index contributed by atoms with van der Waals surface area (Å²) in [6.45, 7) is 7.84. The van der Waals surface area contributed by atoms with E-state index in [2.05, 4.69) is 25.9 Å². The highest BCUT2D eigenvalue weighted by Gasteiger charge is 2.34. The van der Waals surface area contributed by atoms with Gasteiger partial charge in [0, 0.05) is 24.7 Å². The van der Waals surface area contributed by atoms with Gasteiger partial charge in [-0.05, 0) is 45.5 Å². The van der Waals surface area contributed by atoms with Gasteiger partial charge in [-0.3, -0.25) is 9.48 Å². The number of rotatable bonds is 7. The van der Waals surface area contributed by atoms with Crippen LogP contribution in [0.5, 0.6) is 0 Å². The lowest BCUT2D eigenvalue weighted by atomic mass is 10.0. The van der Waals surface area contributed by atoms with Gasteiger partial charge in [-0.1, -0.05) is 12.1 Å². The zero-order valence-electron chi connectivity index (χ0n) is 22.4. The third kappa shape index (κ3) is 5.11. The summed E-state index contributed by atoms with van der Waals surface area (Å²) >= 11 is 0. The number of piperidine rings is 1. The molecule has 1 amide bonds. The Kier molecular flexibility index (Phi) is 6.34. The second-order valence-electron chi connectivity index (χ2n) is 11.2. The lowest BCUT2D eigenvalue weighted by molar-refractivity contribution is 0.0946. The lowest BCUT2D eigenvalue weighted by Gasteiger charge is -2.33. The van der Waals surface area contributed by atoms with Crippen LogP contribution in [0.25, 0.3) is 16.9 Å². The predicted octanol–water partition coefficient (Wildman–Crippen LogP) is 2.82. The van der Waals surface area contributed by atoms with Gasteiger partial charge in [0.05, 0.1) is 47.9 Å². The molecule has 13 heteroatoms. The SMILES string of the molecule is CN1CC[C@@H](Nc2cccc3c([C@H]4CO4)n(-c4noc(CNC(=O)c5cnn(C(C)(C)C)c5)n4)nc23)[C@@H](F)C1. The molecule has 2 fully saturated rings. The van der Waals surface area contributed by atoms with Crippen LogP contribution in [0.1, 0.15) is 55.2 Å². The summed E-state index contributed by atoms with van der Waals surface area (Å²) in [5, 5.41) is 20.2. The molecule has 0 bridgehead atoms. The van der Waals surface area contributed by atoms with Crippen LogP contribution in [0.3, 0.4) is 0 Å². The Morgan fingerprint density at radius 3 is 2.82 bits per heavy atom. The van der Waals surface area contributed by atoms with Crippen LogP contribution < -0.4 is 10.6 Å². The van der Waals surface area contributed by atoms with E-state index in [1.165, 1.54) is 6.20 Å². The van der Waals surface area contributed by atoms with Gasteiger partial charge >= 0.3 is 0 Å². The average molecular weight is 538 g/mol. The number of hydrogen-bond donors (Lipinski definition) is 2. The van der Waals surface area contributed by atoms with Gasteiger partial charge in [-0.15, -0.1) is 0 Å². The van der Waals surface area contributed by atoms with Crippen LogP contribution in [0.15, 0.2) is 35.1 Å². The fourth-order valence-electron chi connectivity index (χ4n) is 4.80. The van der Waals surface area contributed by atoms with E-state index in [0.717, 1.165) is 23.3 Å². The summed E-state index contributed by atoms with van der Waals surface area (Å²) in [5.41, 5.74) is 2.45. The molecule has 206 valence electrons. The maximum atomic E-state index is 14.7. The van der Waals surface area contributed by atoms with Crippen LogP contribution in [0.2, 0.25) is 0 Å². The molecule has 3 aromatic heterocycles. The number of nitrogens with one attached hydrogen (secondary N) is 2. The molecular weight excluding hydrogens is 505 g/mol. The monoisotopic (exact) mass is 537 g/mol. The molecule has 0 radical (unpaired) electrons. The number of ether oxygens (including phenoxy) is 1. The van der Waals surface area contributed by atoms with E-state index in [0.29, 0.717) is 30.7 Å². The van der Waals surface area contributed by atoms with Crippen molar-refractivity contribution in [3.63, 3.8) is 0 Å². The maximum Gasteiger partial charge on any atom is 0.291 e. The summed E-state index contributed by atoms with van der Waals surface area (Å²) in [6.07, 6.45) is 2.80. The summed E-state index contributed by atoms with van der Waals surface area (Å²) in [5.74, 6) is 0.168. The van der Waals surface area contributed by atoms with Gasteiger partial charge in [-0.2, -0.15) is 19.9 Å². The van der Waals surface area contributed by atoms with E-state index in [-0.39, 0.29) is 42.0 Å². The number of alkyl halides is 1. The highest BCUT2D eigenvalue weighted by atomic mass is 19.1. The van der Waals surface area contributed by atoms with Crippen molar-refractivity contribution in [3.8, 4) is 5.95 Å². The van der Waals surface area contributed by atoms with Crippen LogP contribution >= 0.6 is 0 Å². The van der Waals surface area contributed by atoms with Gasteiger partial charge < -0.3 is 24.8 Å². The second-order valence-corrected chi connectivity index (χ2v) is 11.2. The number of benzene rings is 1. The topological polar surface area (TPSA) is 131 Å². The average Bonchev–Trinajstić information content (AvgIpc) is 3.29. The molecule has 2 aliphatic heterocycles. The van der Waals surface area contributed by atoms with Crippen molar-refractivity contribution >= 4 is 22.5 Å². The number of aromatic nitrogens is 6. The Balaban J connectivity index is 1.22. The zero-order valence-corrected chi connectivity index (χ0v) is 22.4. The molecule has 0 saturated carbocycles. The molecule has 2 N–H and O–H groups in total. The standard InChI is InChI=1S/C26H32FN9O3/c1-26(2,3)35-12-15(10-29-35)24(37)28-11-21-31-25(33-39-21)36-23(20-14-38-20)16-6-5-7-19(22(16)32-36)30-18-8-9-34(4)13-17(18)27/h5-7,10,12,17-18,20,30H,8-9,11,13-14H2,1-4H3,(H,28,37)/t17-,18+,20+/m0/s1. The van der Waals surface area contributed by atoms with E-state index in [1.54, 1.807) is 15.6 Å². The number of fused-ring (bicyclic) bond motifs is 1. The predicted molar refractivity (Wildman–Crippen MR) is 140 cm³/mol. The van der Waals surface area contributed by atoms with Crippen LogP contribution in [0, 0.1) is 0 Å². The molecule has 5 heterocycles. The van der Waals surface area contributed by atoms with Crippen molar-refractivity contribution in [2.24, 2.45) is 0 Å². The fourth-order valence-corrected chi connectivity index (χ4v) is 4.80. The third-order valence-corrected chi connectivity index (χ3v) is 7.04. The quantitative estimate of drug-likeness (QED) is 0.342. The fraction of sp³-hybridized carbons (Fsp3) is 0.500. The minimum Gasteiger partial charge on any atom is -0.377 e. The van der Waals surface area contributed by atoms with E-state index < -0.39 is 6.17 Å². The molecule has 6 rings (SSSR count). The van der Waals surface area contributed by atoms with E-state index in [9.17, 15) is 9.18 Å². The Bertz CT molecular complexity index is 1500. The van der Waals surface area contributed by atoms with Crippen molar-refractivity contribution in [2.45, 2.75) is 57.6 Å². The molecule has 0 unspecified atom stereocenters. The van der Waals surface area contributed by atoms with Gasteiger partial charge in [0.1, 0.15) is 17.8 Å². The molecule has 3 atom stereocenters. The highest BCUT2D eigenvalue weighted by Crippen LogP contribution is 2.38. The molecule has 0 spiro atoms. The first kappa shape index (κ1) is 25.4. The number of anilines is 1. The van der Waals surface area contributed by atoms with Gasteiger partial charge in [0.25, 0.3) is 11.9 Å². The van der Waals surface area contributed by atoms with E-state index in [1.807, 2.05) is 50.9 Å². The number of likely N-dealkylation sites (tertiary alicyclic amines) is 1. The molecule has 2 aliphatic rings. The summed E-state index contributed by atoms with van der Waals surface area (Å²) in [4.78, 5) is 19.1. The number of hydrogen-bond acceptors (Lipinski definition) is 9. The first-order valence-corrected chi connectivity index (χ1v) is 13.1. The van der Waals surface area contributed by atoms with Crippen LogP contribution in [-0.4, -0.2) is 79.5 Å². The normalized spacial score (nSPS) is 21.8. The Morgan fingerprint density at radius 1 is 1.28 bits per heavy atom. The summed E-state index contributed by atoms with van der Waals surface area (Å²) in [7, 11) is 1.93. The second kappa shape index (κ2) is 9.72. The number of halogens is 1. The van der Waals surface area contributed by atoms with Crippen LogP contribution in [0.4, 0.5) is 10.1 Å². The van der Waals surface area contributed by atoms with E-state index in [4.69, 9.17) is 14.4 Å². The third-order valence-electron chi connectivity index (χ3n) is 7.04. The van der Waals surface area contributed by atoms with Crippen molar-refractivity contribution in [2.75, 3.05) is 32.1 Å². The number of carbonyl (C=O) groups is 1. The van der Waals surface area contributed by atoms with Gasteiger partial charge in [-0.25, -0.2) is 4.39 Å². The van der Waals surface area contributed by atoms with Gasteiger partial charge in [0.2, 0.25) is 5.89 Å². The van der Waals surface area contributed by atoms with Crippen LogP contribution in [-0.2, 0) is 16.8 Å². The summed E-state index contributed by atoms with van der Waals surface area (Å²) in [6, 6.07) is 5.49. The Labute approximate surface area is 224 Å². The van der Waals surface area contributed by atoms with Crippen molar-refractivity contribution < 1.29 is 18.4 Å². The lowest BCUT2D eigenvalue weighted by Crippen LogP contribution is -2.46. The first-order chi connectivity index (χ1) is 18.7. The minimum absolute atomic E-state index is 0.0450. The van der Waals surface area contributed by atoms with Gasteiger partial charge in [0.15, 0.2) is 0 Å². The number of carbonyl (C=O) groups excluding carboxylic acids is 1. The molecule has 39 heavy (non-hydrogen) atoms. The Hall–Kier alpha value is -3.84. The molecule has 4 aromatic rings. The van der Waals surface area contributed by atoms with Crippen molar-refractivity contribution in [1.82, 2.24) is 39.9 Å². The Morgan fingerprint density at radius 2 is 2.10 bits per heavy atom. The number of amides is 1. The number of nitrogens with zero attached hydrogens (tertiary/aromatic N) is 7. The molecule has 2 saturated heterocycles. The minimum atomic E-state index is -0.981. The number of epoxide rings is 1. The molecular formula is C26H32FN9O3. The molecule has 1 aromatic carbocycles. The smallest absolute Gasteiger partial charge is 0.291 e. The first-order valence-electron chi connectivity index (χ1n) is 13.1. The maximum absolute atomic E-state index is 14.7. The molecule has 0 aliphatic carbocycles. The zero-order chi connectivity index (χ0) is 27.3. The molecule has 12 nitrogen and oxygen atoms in total. The summed E-state index contributed by atoms with van der Waals surface area (Å²) < 4.78 is 29.1. The largest absolute Gasteiger partial charge is 0.377 e.